The van der Waals surface area contributed by atoms with E-state index in [1.165, 1.54) is 18.3 Å². The minimum absolute atomic E-state index is 0.141. The minimum atomic E-state index is -0.638. The Morgan fingerprint density at radius 1 is 1.16 bits per heavy atom. The van der Waals surface area contributed by atoms with Gasteiger partial charge in [-0.2, -0.15) is 5.26 Å². The fourth-order valence-corrected chi connectivity index (χ4v) is 2.16. The molecule has 0 unspecified atom stereocenters. The van der Waals surface area contributed by atoms with Crippen LogP contribution >= 0.6 is 0 Å². The average molecular weight is 333 g/mol. The lowest BCUT2D eigenvalue weighted by atomic mass is 10.1. The van der Waals surface area contributed by atoms with E-state index in [2.05, 4.69) is 10.3 Å². The molecule has 0 aliphatic heterocycles. The number of nitrogens with zero attached hydrogens (tertiary/aromatic N) is 2. The second kappa shape index (κ2) is 7.23. The second-order valence-corrected chi connectivity index (χ2v) is 5.05. The Balaban J connectivity index is 1.84. The van der Waals surface area contributed by atoms with Crippen molar-refractivity contribution in [1.29, 1.82) is 5.26 Å². The van der Waals surface area contributed by atoms with E-state index >= 15 is 0 Å². The fourth-order valence-electron chi connectivity index (χ4n) is 2.16. The van der Waals surface area contributed by atoms with E-state index in [-0.39, 0.29) is 5.56 Å². The summed E-state index contributed by atoms with van der Waals surface area (Å²) in [5.74, 6) is -0.220. The summed E-state index contributed by atoms with van der Waals surface area (Å²) in [6.07, 6.45) is 3.15. The van der Waals surface area contributed by atoms with E-state index in [1.54, 1.807) is 48.7 Å². The molecule has 1 N–H and O–H groups in total. The number of benzene rings is 2. The van der Waals surface area contributed by atoms with E-state index in [1.807, 2.05) is 0 Å². The standard InChI is InChI=1S/C19H12FN3O2/c20-17-8-7-14(10-13(17)11-21)23-19(24)16-5-1-2-6-18(16)25-15-4-3-9-22-12-15/h1-10,12H,(H,23,24). The number of amides is 1. The van der Waals surface area contributed by atoms with Crippen LogP contribution in [-0.4, -0.2) is 10.9 Å². The number of ether oxygens (including phenoxy) is 1. The molecule has 3 rings (SSSR count). The van der Waals surface area contributed by atoms with E-state index in [0.717, 1.165) is 6.07 Å². The van der Waals surface area contributed by atoms with Crippen molar-refractivity contribution < 1.29 is 13.9 Å². The molecular formula is C19H12FN3O2. The fraction of sp³-hybridized carbons (Fsp3) is 0. The maximum absolute atomic E-state index is 13.4. The predicted molar refractivity (Wildman–Crippen MR) is 89.8 cm³/mol. The van der Waals surface area contributed by atoms with Gasteiger partial charge in [-0.25, -0.2) is 4.39 Å². The lowest BCUT2D eigenvalue weighted by Crippen LogP contribution is -2.13. The highest BCUT2D eigenvalue weighted by Gasteiger charge is 2.14. The maximum Gasteiger partial charge on any atom is 0.259 e. The van der Waals surface area contributed by atoms with E-state index in [4.69, 9.17) is 10.00 Å². The number of anilines is 1. The van der Waals surface area contributed by atoms with Gasteiger partial charge in [-0.3, -0.25) is 9.78 Å². The van der Waals surface area contributed by atoms with Gasteiger partial charge >= 0.3 is 0 Å². The van der Waals surface area contributed by atoms with Gasteiger partial charge in [0.15, 0.2) is 0 Å². The molecule has 0 radical (unpaired) electrons. The van der Waals surface area contributed by atoms with Gasteiger partial charge in [0.25, 0.3) is 5.91 Å². The van der Waals surface area contributed by atoms with Crippen molar-refractivity contribution in [2.24, 2.45) is 0 Å². The quantitative estimate of drug-likeness (QED) is 0.779. The Bertz CT molecular complexity index is 952. The van der Waals surface area contributed by atoms with Crippen LogP contribution in [0.25, 0.3) is 0 Å². The molecule has 1 heterocycles. The van der Waals surface area contributed by atoms with E-state index in [9.17, 15) is 9.18 Å². The van der Waals surface area contributed by atoms with Crippen molar-refractivity contribution >= 4 is 11.6 Å². The zero-order valence-corrected chi connectivity index (χ0v) is 12.9. The highest BCUT2D eigenvalue weighted by Crippen LogP contribution is 2.25. The molecule has 25 heavy (non-hydrogen) atoms. The molecule has 1 aromatic heterocycles. The monoisotopic (exact) mass is 333 g/mol. The second-order valence-electron chi connectivity index (χ2n) is 5.05. The normalized spacial score (nSPS) is 9.92. The molecule has 3 aromatic rings. The van der Waals surface area contributed by atoms with Crippen LogP contribution in [0.4, 0.5) is 10.1 Å². The largest absolute Gasteiger partial charge is 0.455 e. The van der Waals surface area contributed by atoms with Crippen molar-refractivity contribution in [1.82, 2.24) is 4.98 Å². The number of hydrogen-bond acceptors (Lipinski definition) is 4. The van der Waals surface area contributed by atoms with Gasteiger partial charge < -0.3 is 10.1 Å². The Morgan fingerprint density at radius 3 is 2.76 bits per heavy atom. The predicted octanol–water partition coefficient (Wildman–Crippen LogP) is 4.14. The molecule has 0 fully saturated rings. The molecule has 2 aromatic carbocycles. The molecule has 1 amide bonds. The third-order valence-corrected chi connectivity index (χ3v) is 3.34. The molecular weight excluding hydrogens is 321 g/mol. The van der Waals surface area contributed by atoms with Crippen LogP contribution in [0.2, 0.25) is 0 Å². The van der Waals surface area contributed by atoms with Gasteiger partial charge in [-0.1, -0.05) is 12.1 Å². The number of aromatic nitrogens is 1. The summed E-state index contributed by atoms with van der Waals surface area (Å²) in [7, 11) is 0. The first-order valence-electron chi connectivity index (χ1n) is 7.35. The summed E-state index contributed by atoms with van der Waals surface area (Å²) < 4.78 is 19.1. The lowest BCUT2D eigenvalue weighted by Gasteiger charge is -2.11. The van der Waals surface area contributed by atoms with Crippen LogP contribution in [0.3, 0.4) is 0 Å². The van der Waals surface area contributed by atoms with Crippen molar-refractivity contribution in [3.05, 3.63) is 83.9 Å². The number of nitrogens with one attached hydrogen (secondary N) is 1. The van der Waals surface area contributed by atoms with Crippen molar-refractivity contribution in [3.8, 4) is 17.6 Å². The van der Waals surface area contributed by atoms with Gasteiger partial charge in [0, 0.05) is 11.9 Å². The number of rotatable bonds is 4. The van der Waals surface area contributed by atoms with Crippen LogP contribution in [0, 0.1) is 17.1 Å². The molecule has 0 spiro atoms. The Kier molecular flexibility index (Phi) is 4.67. The zero-order valence-electron chi connectivity index (χ0n) is 12.9. The number of nitriles is 1. The first-order valence-corrected chi connectivity index (χ1v) is 7.35. The average Bonchev–Trinajstić information content (AvgIpc) is 2.64. The van der Waals surface area contributed by atoms with E-state index in [0.29, 0.717) is 22.7 Å². The van der Waals surface area contributed by atoms with Crippen LogP contribution < -0.4 is 10.1 Å². The molecule has 0 saturated carbocycles. The third kappa shape index (κ3) is 3.79. The van der Waals surface area contributed by atoms with Crippen molar-refractivity contribution in [2.45, 2.75) is 0 Å². The smallest absolute Gasteiger partial charge is 0.259 e. The molecule has 5 nitrogen and oxygen atoms in total. The van der Waals surface area contributed by atoms with Crippen LogP contribution in [-0.2, 0) is 0 Å². The third-order valence-electron chi connectivity index (χ3n) is 3.34. The number of halogens is 1. The number of pyridine rings is 1. The Labute approximate surface area is 143 Å². The van der Waals surface area contributed by atoms with Gasteiger partial charge in [0.1, 0.15) is 23.4 Å². The maximum atomic E-state index is 13.4. The molecule has 0 aliphatic carbocycles. The zero-order chi connectivity index (χ0) is 17.6. The SMILES string of the molecule is N#Cc1cc(NC(=O)c2ccccc2Oc2cccnc2)ccc1F. The number of para-hydroxylation sites is 1. The van der Waals surface area contributed by atoms with Gasteiger partial charge in [0.05, 0.1) is 17.3 Å². The van der Waals surface area contributed by atoms with Crippen LogP contribution in [0.5, 0.6) is 11.5 Å². The number of hydrogen-bond donors (Lipinski definition) is 1. The summed E-state index contributed by atoms with van der Waals surface area (Å²) in [5.41, 5.74) is 0.478. The van der Waals surface area contributed by atoms with Crippen LogP contribution in [0.1, 0.15) is 15.9 Å². The highest BCUT2D eigenvalue weighted by molar-refractivity contribution is 6.06. The number of carbonyl (C=O) groups is 1. The molecule has 122 valence electrons. The summed E-state index contributed by atoms with van der Waals surface area (Å²) in [6.45, 7) is 0. The van der Waals surface area contributed by atoms with Crippen molar-refractivity contribution in [2.75, 3.05) is 5.32 Å². The highest BCUT2D eigenvalue weighted by atomic mass is 19.1. The van der Waals surface area contributed by atoms with Gasteiger partial charge in [0.2, 0.25) is 0 Å². The first kappa shape index (κ1) is 16.1. The molecule has 6 heteroatoms. The summed E-state index contributed by atoms with van der Waals surface area (Å²) in [6, 6.07) is 15.7. The Morgan fingerprint density at radius 2 is 2.00 bits per heavy atom. The van der Waals surface area contributed by atoms with Gasteiger partial charge in [-0.15, -0.1) is 0 Å². The molecule has 0 atom stereocenters. The van der Waals surface area contributed by atoms with E-state index < -0.39 is 11.7 Å². The lowest BCUT2D eigenvalue weighted by molar-refractivity contribution is 0.102. The minimum Gasteiger partial charge on any atom is -0.455 e. The molecule has 0 aliphatic rings. The van der Waals surface area contributed by atoms with Gasteiger partial charge in [-0.05, 0) is 42.5 Å². The number of carbonyl (C=O) groups excluding carboxylic acids is 1. The molecule has 0 saturated heterocycles. The summed E-state index contributed by atoms with van der Waals surface area (Å²) in [5, 5.41) is 11.5. The summed E-state index contributed by atoms with van der Waals surface area (Å²) >= 11 is 0. The first-order chi connectivity index (χ1) is 12.2. The van der Waals surface area contributed by atoms with Crippen LogP contribution in [0.15, 0.2) is 67.0 Å². The Hall–Kier alpha value is -3.72. The summed E-state index contributed by atoms with van der Waals surface area (Å²) in [4.78, 5) is 16.5. The molecule has 0 bridgehead atoms. The topological polar surface area (TPSA) is 75.0 Å². The van der Waals surface area contributed by atoms with Crippen molar-refractivity contribution in [3.63, 3.8) is 0 Å².